The molecule has 162 valence electrons. The molecule has 2 aromatic rings. The summed E-state index contributed by atoms with van der Waals surface area (Å²) in [7, 11) is 1.66. The van der Waals surface area contributed by atoms with Gasteiger partial charge in [-0.05, 0) is 55.0 Å². The molecular weight excluding hydrogens is 388 g/mol. The fraction of sp³-hybridized carbons (Fsp3) is 0.385. The first-order chi connectivity index (χ1) is 15.2. The smallest absolute Gasteiger partial charge is 0.246 e. The number of hydrogen-bond donors (Lipinski definition) is 0. The molecule has 0 bridgehead atoms. The molecule has 2 aromatic carbocycles. The van der Waals surface area contributed by atoms with E-state index in [0.29, 0.717) is 13.1 Å². The van der Waals surface area contributed by atoms with Crippen LogP contribution in [0.25, 0.3) is 6.08 Å². The molecule has 5 nitrogen and oxygen atoms in total. The number of carbonyl (C=O) groups excluding carboxylic acids is 2. The summed E-state index contributed by atoms with van der Waals surface area (Å²) in [5, 5.41) is 0. The molecule has 2 amide bonds. The van der Waals surface area contributed by atoms with Crippen LogP contribution in [-0.2, 0) is 9.59 Å². The molecule has 2 saturated heterocycles. The van der Waals surface area contributed by atoms with Gasteiger partial charge in [-0.3, -0.25) is 9.59 Å². The molecule has 0 aromatic heterocycles. The minimum absolute atomic E-state index is 0.000927. The highest BCUT2D eigenvalue weighted by Crippen LogP contribution is 2.35. The lowest BCUT2D eigenvalue weighted by Crippen LogP contribution is -2.43. The van der Waals surface area contributed by atoms with Gasteiger partial charge in [0.25, 0.3) is 0 Å². The highest BCUT2D eigenvalue weighted by Gasteiger charge is 2.35. The topological polar surface area (TPSA) is 49.9 Å². The van der Waals surface area contributed by atoms with Crippen LogP contribution in [0.3, 0.4) is 0 Å². The number of hydrogen-bond acceptors (Lipinski definition) is 3. The summed E-state index contributed by atoms with van der Waals surface area (Å²) >= 11 is 0. The van der Waals surface area contributed by atoms with Gasteiger partial charge in [-0.1, -0.05) is 42.5 Å². The summed E-state index contributed by atoms with van der Waals surface area (Å²) in [6.07, 6.45) is 6.98. The lowest BCUT2D eigenvalue weighted by molar-refractivity contribution is -0.140. The zero-order valence-electron chi connectivity index (χ0n) is 18.1. The van der Waals surface area contributed by atoms with E-state index in [4.69, 9.17) is 4.74 Å². The Balaban J connectivity index is 1.33. The molecule has 0 radical (unpaired) electrons. The van der Waals surface area contributed by atoms with Crippen molar-refractivity contribution in [3.05, 3.63) is 71.8 Å². The van der Waals surface area contributed by atoms with Gasteiger partial charge < -0.3 is 14.5 Å². The number of rotatable bonds is 5. The van der Waals surface area contributed by atoms with Crippen molar-refractivity contribution >= 4 is 17.9 Å². The molecule has 31 heavy (non-hydrogen) atoms. The van der Waals surface area contributed by atoms with Crippen LogP contribution in [-0.4, -0.2) is 48.4 Å². The third-order valence-corrected chi connectivity index (χ3v) is 6.41. The monoisotopic (exact) mass is 418 g/mol. The molecule has 2 aliphatic heterocycles. The van der Waals surface area contributed by atoms with E-state index in [1.807, 2.05) is 53.4 Å². The van der Waals surface area contributed by atoms with Crippen LogP contribution in [0.1, 0.15) is 42.9 Å². The van der Waals surface area contributed by atoms with Gasteiger partial charge in [-0.2, -0.15) is 0 Å². The molecule has 2 aliphatic rings. The Bertz CT molecular complexity index is 915. The first-order valence-electron chi connectivity index (χ1n) is 11.1. The lowest BCUT2D eigenvalue weighted by atomic mass is 9.94. The molecule has 0 spiro atoms. The molecule has 2 fully saturated rings. The predicted molar refractivity (Wildman–Crippen MR) is 121 cm³/mol. The normalized spacial score (nSPS) is 19.7. The Morgan fingerprint density at radius 2 is 1.65 bits per heavy atom. The van der Waals surface area contributed by atoms with Gasteiger partial charge in [0.15, 0.2) is 0 Å². The Labute approximate surface area is 184 Å². The first kappa shape index (κ1) is 21.2. The zero-order chi connectivity index (χ0) is 21.6. The van der Waals surface area contributed by atoms with Gasteiger partial charge in [-0.25, -0.2) is 0 Å². The van der Waals surface area contributed by atoms with Crippen LogP contribution < -0.4 is 4.74 Å². The third kappa shape index (κ3) is 4.98. The van der Waals surface area contributed by atoms with Crippen molar-refractivity contribution in [3.8, 4) is 5.75 Å². The SMILES string of the molecule is COc1ccc(C2CCCN2C(=O)C2CCN(C(=O)/C=C/c3ccccc3)CC2)cc1. The molecule has 1 atom stereocenters. The van der Waals surface area contributed by atoms with E-state index in [1.54, 1.807) is 13.2 Å². The number of piperidine rings is 1. The van der Waals surface area contributed by atoms with E-state index in [9.17, 15) is 9.59 Å². The highest BCUT2D eigenvalue weighted by molar-refractivity contribution is 5.92. The standard InChI is InChI=1S/C26H30N2O3/c1-31-23-12-10-21(11-13-23)24-8-5-17-28(24)26(30)22-15-18-27(19-16-22)25(29)14-9-20-6-3-2-4-7-20/h2-4,6-7,9-14,22,24H,5,8,15-19H2,1H3/b14-9+. The lowest BCUT2D eigenvalue weighted by Gasteiger charge is -2.34. The van der Waals surface area contributed by atoms with Crippen LogP contribution in [0.15, 0.2) is 60.7 Å². The molecule has 0 saturated carbocycles. The van der Waals surface area contributed by atoms with E-state index in [1.165, 1.54) is 5.56 Å². The van der Waals surface area contributed by atoms with Crippen molar-refractivity contribution in [2.45, 2.75) is 31.7 Å². The van der Waals surface area contributed by atoms with E-state index in [-0.39, 0.29) is 23.8 Å². The van der Waals surface area contributed by atoms with Gasteiger partial charge in [0.05, 0.1) is 13.2 Å². The second-order valence-corrected chi connectivity index (χ2v) is 8.31. The largest absolute Gasteiger partial charge is 0.497 e. The summed E-state index contributed by atoms with van der Waals surface area (Å²) in [6.45, 7) is 2.08. The van der Waals surface area contributed by atoms with Crippen molar-refractivity contribution < 1.29 is 14.3 Å². The minimum Gasteiger partial charge on any atom is -0.497 e. The first-order valence-corrected chi connectivity index (χ1v) is 11.1. The molecule has 1 unspecified atom stereocenters. The van der Waals surface area contributed by atoms with Crippen molar-refractivity contribution in [3.63, 3.8) is 0 Å². The quantitative estimate of drug-likeness (QED) is 0.680. The van der Waals surface area contributed by atoms with E-state index >= 15 is 0 Å². The number of ether oxygens (including phenoxy) is 1. The fourth-order valence-corrected chi connectivity index (χ4v) is 4.62. The predicted octanol–water partition coefficient (Wildman–Crippen LogP) is 4.31. The second kappa shape index (κ2) is 9.82. The van der Waals surface area contributed by atoms with Crippen molar-refractivity contribution in [1.82, 2.24) is 9.80 Å². The van der Waals surface area contributed by atoms with Gasteiger partial charge >= 0.3 is 0 Å². The molecule has 0 aliphatic carbocycles. The average molecular weight is 419 g/mol. The minimum atomic E-state index is 0.000927. The van der Waals surface area contributed by atoms with Crippen LogP contribution >= 0.6 is 0 Å². The van der Waals surface area contributed by atoms with Crippen molar-refractivity contribution in [2.75, 3.05) is 26.7 Å². The number of carbonyl (C=O) groups is 2. The van der Waals surface area contributed by atoms with E-state index in [2.05, 4.69) is 17.0 Å². The van der Waals surface area contributed by atoms with E-state index < -0.39 is 0 Å². The Kier molecular flexibility index (Phi) is 6.70. The third-order valence-electron chi connectivity index (χ3n) is 6.41. The highest BCUT2D eigenvalue weighted by atomic mass is 16.5. The molecule has 0 N–H and O–H groups in total. The van der Waals surface area contributed by atoms with E-state index in [0.717, 1.165) is 43.5 Å². The molecular formula is C26H30N2O3. The Morgan fingerprint density at radius 1 is 0.935 bits per heavy atom. The molecule has 5 heteroatoms. The van der Waals surface area contributed by atoms with Gasteiger partial charge in [0, 0.05) is 31.6 Å². The molecule has 2 heterocycles. The fourth-order valence-electron chi connectivity index (χ4n) is 4.62. The molecule has 4 rings (SSSR count). The Hall–Kier alpha value is -3.08. The second-order valence-electron chi connectivity index (χ2n) is 8.31. The number of benzene rings is 2. The summed E-state index contributed by atoms with van der Waals surface area (Å²) in [5.41, 5.74) is 2.19. The number of likely N-dealkylation sites (tertiary alicyclic amines) is 2. The van der Waals surface area contributed by atoms with Crippen LogP contribution in [0.2, 0.25) is 0 Å². The summed E-state index contributed by atoms with van der Waals surface area (Å²) in [6, 6.07) is 18.0. The number of methoxy groups -OCH3 is 1. The number of amides is 2. The maximum absolute atomic E-state index is 13.3. The van der Waals surface area contributed by atoms with Crippen molar-refractivity contribution in [1.29, 1.82) is 0 Å². The maximum Gasteiger partial charge on any atom is 0.246 e. The average Bonchev–Trinajstić information content (AvgIpc) is 3.33. The van der Waals surface area contributed by atoms with Crippen LogP contribution in [0.5, 0.6) is 5.75 Å². The van der Waals surface area contributed by atoms with Gasteiger partial charge in [0.1, 0.15) is 5.75 Å². The van der Waals surface area contributed by atoms with Crippen molar-refractivity contribution in [2.24, 2.45) is 5.92 Å². The maximum atomic E-state index is 13.3. The Morgan fingerprint density at radius 3 is 2.32 bits per heavy atom. The summed E-state index contributed by atoms with van der Waals surface area (Å²) in [4.78, 5) is 29.7. The van der Waals surface area contributed by atoms with Crippen LogP contribution in [0.4, 0.5) is 0 Å². The summed E-state index contributed by atoms with van der Waals surface area (Å²) in [5.74, 6) is 1.09. The van der Waals surface area contributed by atoms with Crippen LogP contribution in [0, 0.1) is 5.92 Å². The number of nitrogens with zero attached hydrogens (tertiary/aromatic N) is 2. The summed E-state index contributed by atoms with van der Waals surface area (Å²) < 4.78 is 5.26. The zero-order valence-corrected chi connectivity index (χ0v) is 18.1. The van der Waals surface area contributed by atoms with Gasteiger partial charge in [-0.15, -0.1) is 0 Å². The van der Waals surface area contributed by atoms with Gasteiger partial charge in [0.2, 0.25) is 11.8 Å².